The Hall–Kier alpha value is -4.82. The van der Waals surface area contributed by atoms with Crippen LogP contribution in [0.2, 0.25) is 0 Å². The molecule has 3 heterocycles. The Balaban J connectivity index is 0.984. The Bertz CT molecular complexity index is 1680. The molecule has 236 valence electrons. The summed E-state index contributed by atoms with van der Waals surface area (Å²) in [5.74, 6) is 1.08. The zero-order chi connectivity index (χ0) is 31.6. The molecular weight excluding hydrogens is 576 g/mol. The third-order valence-corrected chi connectivity index (χ3v) is 9.82. The number of aromatic hydroxyl groups is 1. The van der Waals surface area contributed by atoms with Crippen LogP contribution in [0.4, 0.5) is 16.2 Å². The summed E-state index contributed by atoms with van der Waals surface area (Å²) < 4.78 is 6.15. The lowest BCUT2D eigenvalue weighted by Crippen LogP contribution is -2.49. The van der Waals surface area contributed by atoms with Crippen molar-refractivity contribution in [3.05, 3.63) is 119 Å². The second-order valence-corrected chi connectivity index (χ2v) is 12.7. The predicted molar refractivity (Wildman–Crippen MR) is 180 cm³/mol. The molecule has 3 aliphatic rings. The van der Waals surface area contributed by atoms with Crippen LogP contribution in [0.15, 0.2) is 97.1 Å². The smallest absolute Gasteiger partial charge is 0.328 e. The van der Waals surface area contributed by atoms with E-state index in [1.165, 1.54) is 22.4 Å². The molecule has 2 fully saturated rings. The van der Waals surface area contributed by atoms with Gasteiger partial charge in [0, 0.05) is 73.5 Å². The number of nitrogens with zero attached hydrogens (tertiary/aromatic N) is 3. The minimum absolute atomic E-state index is 0.135. The maximum atomic E-state index is 12.2. The van der Waals surface area contributed by atoms with Crippen molar-refractivity contribution in [3.8, 4) is 11.5 Å². The monoisotopic (exact) mass is 616 g/mol. The Morgan fingerprint density at radius 2 is 1.57 bits per heavy atom. The first-order chi connectivity index (χ1) is 22.4. The Labute approximate surface area is 270 Å². The van der Waals surface area contributed by atoms with Crippen LogP contribution in [0.5, 0.6) is 11.5 Å². The summed E-state index contributed by atoms with van der Waals surface area (Å²) in [6, 6.07) is 33.4. The number of urea groups is 1. The molecule has 4 aromatic carbocycles. The van der Waals surface area contributed by atoms with Crippen LogP contribution >= 0.6 is 0 Å². The number of rotatable bonds is 7. The van der Waals surface area contributed by atoms with Crippen LogP contribution in [0, 0.1) is 0 Å². The van der Waals surface area contributed by atoms with E-state index in [0.717, 1.165) is 49.5 Å². The van der Waals surface area contributed by atoms with Crippen LogP contribution in [-0.4, -0.2) is 61.3 Å². The minimum atomic E-state index is -0.353. The summed E-state index contributed by atoms with van der Waals surface area (Å²) >= 11 is 0. The highest BCUT2D eigenvalue weighted by Gasteiger charge is 2.34. The van der Waals surface area contributed by atoms with Crippen LogP contribution in [0.1, 0.15) is 53.4 Å². The van der Waals surface area contributed by atoms with Gasteiger partial charge in [0.1, 0.15) is 11.5 Å². The van der Waals surface area contributed by atoms with Crippen molar-refractivity contribution in [2.45, 2.75) is 43.7 Å². The summed E-state index contributed by atoms with van der Waals surface area (Å²) in [5.41, 5.74) is 6.88. The van der Waals surface area contributed by atoms with E-state index in [1.54, 1.807) is 17.0 Å². The highest BCUT2D eigenvalue weighted by molar-refractivity contribution is 6.05. The van der Waals surface area contributed by atoms with E-state index in [2.05, 4.69) is 82.8 Å². The summed E-state index contributed by atoms with van der Waals surface area (Å²) in [6.07, 6.45) is 2.50. The van der Waals surface area contributed by atoms with Gasteiger partial charge in [-0.3, -0.25) is 19.9 Å². The number of phenolic OH excluding ortho intramolecular Hbond substituents is 1. The number of carbonyl (C=O) groups is 2. The quantitative estimate of drug-likeness (QED) is 0.256. The number of phenols is 1. The maximum Gasteiger partial charge on any atom is 0.328 e. The normalized spacial score (nSPS) is 20.3. The zero-order valence-corrected chi connectivity index (χ0v) is 26.1. The van der Waals surface area contributed by atoms with Crippen molar-refractivity contribution in [3.63, 3.8) is 0 Å². The van der Waals surface area contributed by atoms with Gasteiger partial charge in [0.05, 0.1) is 6.61 Å². The number of hydrogen-bond donors (Lipinski definition) is 2. The van der Waals surface area contributed by atoms with E-state index in [-0.39, 0.29) is 29.5 Å². The van der Waals surface area contributed by atoms with E-state index in [4.69, 9.17) is 4.74 Å². The van der Waals surface area contributed by atoms with E-state index in [0.29, 0.717) is 25.6 Å². The van der Waals surface area contributed by atoms with E-state index in [1.807, 2.05) is 24.3 Å². The average Bonchev–Trinajstić information content (AvgIpc) is 3.09. The Morgan fingerprint density at radius 3 is 2.28 bits per heavy atom. The molecule has 2 N–H and O–H groups in total. The third kappa shape index (κ3) is 6.17. The van der Waals surface area contributed by atoms with Crippen LogP contribution in [0.25, 0.3) is 0 Å². The van der Waals surface area contributed by atoms with Crippen molar-refractivity contribution in [1.29, 1.82) is 0 Å². The van der Waals surface area contributed by atoms with Crippen LogP contribution in [-0.2, 0) is 11.3 Å². The molecular formula is C38H40N4O4. The Kier molecular flexibility index (Phi) is 8.37. The maximum absolute atomic E-state index is 12.2. The molecule has 3 amide bonds. The van der Waals surface area contributed by atoms with Gasteiger partial charge in [-0.15, -0.1) is 0 Å². The molecule has 8 heteroatoms. The average molecular weight is 617 g/mol. The van der Waals surface area contributed by atoms with Gasteiger partial charge < -0.3 is 14.7 Å². The van der Waals surface area contributed by atoms with E-state index in [9.17, 15) is 14.7 Å². The summed E-state index contributed by atoms with van der Waals surface area (Å²) in [4.78, 5) is 30.2. The number of benzene rings is 4. The number of fused-ring (bicyclic) bond motifs is 1. The standard InChI is InChI=1S/C38H40N4O4/c1-40(24-26-7-11-31(12-8-26)42-22-19-36(44)39-38(42)45)29-17-20-41(21-18-29)30-13-9-28(10-14-30)37-33-16-15-32(43)23-35(33)46-25-34(37)27-5-3-2-4-6-27/h2-16,23,29,34,37,43H,17-22,24-25H2,1H3,(H,39,44,45). The molecule has 7 rings (SSSR count). The van der Waals surface area contributed by atoms with Crippen molar-refractivity contribution < 1.29 is 19.4 Å². The molecule has 2 atom stereocenters. The number of anilines is 2. The van der Waals surface area contributed by atoms with Gasteiger partial charge >= 0.3 is 6.03 Å². The van der Waals surface area contributed by atoms with Crippen LogP contribution in [0.3, 0.4) is 0 Å². The first-order valence-corrected chi connectivity index (χ1v) is 16.2. The van der Waals surface area contributed by atoms with Crippen molar-refractivity contribution in [2.24, 2.45) is 0 Å². The number of ether oxygens (including phenoxy) is 1. The predicted octanol–water partition coefficient (Wildman–Crippen LogP) is 6.25. The molecule has 0 aromatic heterocycles. The molecule has 2 unspecified atom stereocenters. The van der Waals surface area contributed by atoms with Gasteiger partial charge in [-0.2, -0.15) is 0 Å². The van der Waals surface area contributed by atoms with Gasteiger partial charge in [0.2, 0.25) is 5.91 Å². The largest absolute Gasteiger partial charge is 0.508 e. The lowest BCUT2D eigenvalue weighted by molar-refractivity contribution is -0.120. The highest BCUT2D eigenvalue weighted by atomic mass is 16.5. The summed E-state index contributed by atoms with van der Waals surface area (Å²) in [7, 11) is 2.20. The second kappa shape index (κ2) is 12.9. The fourth-order valence-electron chi connectivity index (χ4n) is 7.26. The first kappa shape index (κ1) is 29.9. The first-order valence-electron chi connectivity index (χ1n) is 16.2. The SMILES string of the molecule is CN(Cc1ccc(N2CCC(=O)NC2=O)cc1)C1CCN(c2ccc(C3c4ccc(O)cc4OCC3c3ccccc3)cc2)CC1. The lowest BCUT2D eigenvalue weighted by atomic mass is 9.76. The second-order valence-electron chi connectivity index (χ2n) is 12.7. The molecule has 0 saturated carbocycles. The summed E-state index contributed by atoms with van der Waals surface area (Å²) in [6.45, 7) is 3.82. The molecule has 0 aliphatic carbocycles. The number of hydrogen-bond acceptors (Lipinski definition) is 6. The molecule has 4 aromatic rings. The van der Waals surface area contributed by atoms with Gasteiger partial charge in [0.15, 0.2) is 0 Å². The van der Waals surface area contributed by atoms with Gasteiger partial charge in [-0.1, -0.05) is 60.7 Å². The summed E-state index contributed by atoms with van der Waals surface area (Å²) in [5, 5.41) is 12.5. The fourth-order valence-corrected chi connectivity index (χ4v) is 7.26. The number of carbonyl (C=O) groups excluding carboxylic acids is 2. The topological polar surface area (TPSA) is 85.4 Å². The molecule has 0 radical (unpaired) electrons. The van der Waals surface area contributed by atoms with Crippen LogP contribution < -0.4 is 19.9 Å². The highest BCUT2D eigenvalue weighted by Crippen LogP contribution is 2.47. The number of imide groups is 1. The zero-order valence-electron chi connectivity index (χ0n) is 26.1. The van der Waals surface area contributed by atoms with Crippen molar-refractivity contribution in [2.75, 3.05) is 43.1 Å². The molecule has 0 spiro atoms. The molecule has 8 nitrogen and oxygen atoms in total. The van der Waals surface area contributed by atoms with Gasteiger partial charge in [-0.25, -0.2) is 4.79 Å². The molecule has 2 saturated heterocycles. The van der Waals surface area contributed by atoms with E-state index >= 15 is 0 Å². The van der Waals surface area contributed by atoms with Crippen molar-refractivity contribution >= 4 is 23.3 Å². The van der Waals surface area contributed by atoms with Gasteiger partial charge in [0.25, 0.3) is 0 Å². The number of piperidine rings is 1. The molecule has 46 heavy (non-hydrogen) atoms. The lowest BCUT2D eigenvalue weighted by Gasteiger charge is -2.38. The number of amides is 3. The Morgan fingerprint density at radius 1 is 0.848 bits per heavy atom. The number of nitrogens with one attached hydrogen (secondary N) is 1. The fraction of sp³-hybridized carbons (Fsp3) is 0.316. The molecule has 3 aliphatic heterocycles. The van der Waals surface area contributed by atoms with Crippen molar-refractivity contribution in [1.82, 2.24) is 10.2 Å². The van der Waals surface area contributed by atoms with E-state index < -0.39 is 0 Å². The van der Waals surface area contributed by atoms with Gasteiger partial charge in [-0.05, 0) is 66.9 Å². The minimum Gasteiger partial charge on any atom is -0.508 e. The molecule has 0 bridgehead atoms. The third-order valence-electron chi connectivity index (χ3n) is 9.82.